The number of rotatable bonds is 7. The van der Waals surface area contributed by atoms with Crippen LogP contribution in [-0.4, -0.2) is 72.4 Å². The van der Waals surface area contributed by atoms with Gasteiger partial charge in [-0.1, -0.05) is 18.2 Å². The van der Waals surface area contributed by atoms with Crippen molar-refractivity contribution >= 4 is 5.97 Å². The van der Waals surface area contributed by atoms with Gasteiger partial charge in [-0.3, -0.25) is 9.80 Å². The van der Waals surface area contributed by atoms with Crippen LogP contribution in [0.3, 0.4) is 0 Å². The summed E-state index contributed by atoms with van der Waals surface area (Å²) in [7, 11) is 1.74. The molecular formula is C27H34N2O6. The molecule has 3 heterocycles. The first kappa shape index (κ1) is 24.4. The van der Waals surface area contributed by atoms with Crippen LogP contribution in [0.4, 0.5) is 0 Å². The van der Waals surface area contributed by atoms with Crippen molar-refractivity contribution in [2.24, 2.45) is 0 Å². The lowest BCUT2D eigenvalue weighted by Gasteiger charge is -2.37. The SMILES string of the molecule is COC(CN1CCN(CC(O)c2ccc3c(c2C)COC3=O)CC1)c1ccc2c(c1C)COC2O. The molecule has 8 nitrogen and oxygen atoms in total. The first-order valence-corrected chi connectivity index (χ1v) is 12.2. The minimum absolute atomic E-state index is 0.0609. The molecule has 0 aliphatic carbocycles. The minimum atomic E-state index is -0.835. The van der Waals surface area contributed by atoms with Crippen molar-refractivity contribution in [3.8, 4) is 0 Å². The summed E-state index contributed by atoms with van der Waals surface area (Å²) in [4.78, 5) is 16.5. The van der Waals surface area contributed by atoms with Gasteiger partial charge in [-0.2, -0.15) is 0 Å². The molecule has 3 aliphatic rings. The van der Waals surface area contributed by atoms with Crippen LogP contribution in [0, 0.1) is 13.8 Å². The highest BCUT2D eigenvalue weighted by molar-refractivity contribution is 5.93. The minimum Gasteiger partial charge on any atom is -0.457 e. The average Bonchev–Trinajstić information content (AvgIpc) is 3.43. The van der Waals surface area contributed by atoms with E-state index in [1.807, 2.05) is 25.1 Å². The molecule has 0 amide bonds. The van der Waals surface area contributed by atoms with E-state index in [9.17, 15) is 15.0 Å². The Kier molecular flexibility index (Phi) is 6.94. The molecule has 3 unspecified atom stereocenters. The van der Waals surface area contributed by atoms with E-state index in [4.69, 9.17) is 14.2 Å². The maximum absolute atomic E-state index is 11.8. The van der Waals surface area contributed by atoms with Crippen molar-refractivity contribution in [3.05, 3.63) is 68.8 Å². The fourth-order valence-corrected chi connectivity index (χ4v) is 5.58. The molecule has 1 saturated heterocycles. The Labute approximate surface area is 206 Å². The van der Waals surface area contributed by atoms with Crippen molar-refractivity contribution in [1.82, 2.24) is 9.80 Å². The zero-order valence-electron chi connectivity index (χ0n) is 20.6. The van der Waals surface area contributed by atoms with Crippen molar-refractivity contribution < 1.29 is 29.2 Å². The summed E-state index contributed by atoms with van der Waals surface area (Å²) < 4.78 is 16.4. The Morgan fingerprint density at radius 3 is 2.34 bits per heavy atom. The third-order valence-corrected chi connectivity index (χ3v) is 7.85. The number of fused-ring (bicyclic) bond motifs is 2. The van der Waals surface area contributed by atoms with Gasteiger partial charge in [-0.25, -0.2) is 4.79 Å². The van der Waals surface area contributed by atoms with E-state index in [0.717, 1.165) is 71.7 Å². The average molecular weight is 483 g/mol. The number of β-amino-alcohol motifs (C(OH)–C–C–N with tert-alkyl or cyclic N) is 1. The fraction of sp³-hybridized carbons (Fsp3) is 0.519. The van der Waals surface area contributed by atoms with Crippen LogP contribution in [0.5, 0.6) is 0 Å². The largest absolute Gasteiger partial charge is 0.457 e. The van der Waals surface area contributed by atoms with Gasteiger partial charge < -0.3 is 24.4 Å². The number of benzene rings is 2. The van der Waals surface area contributed by atoms with Crippen molar-refractivity contribution in [2.45, 2.75) is 45.6 Å². The normalized spacial score (nSPS) is 22.1. The molecule has 2 aromatic carbocycles. The van der Waals surface area contributed by atoms with Crippen molar-refractivity contribution in [2.75, 3.05) is 46.4 Å². The van der Waals surface area contributed by atoms with E-state index in [1.165, 1.54) is 0 Å². The van der Waals surface area contributed by atoms with Gasteiger partial charge in [-0.05, 0) is 47.7 Å². The van der Waals surface area contributed by atoms with Crippen LogP contribution in [0.15, 0.2) is 24.3 Å². The highest BCUT2D eigenvalue weighted by Gasteiger charge is 2.29. The maximum Gasteiger partial charge on any atom is 0.338 e. The highest BCUT2D eigenvalue weighted by atomic mass is 16.6. The Hall–Kier alpha value is -2.33. The molecule has 188 valence electrons. The monoisotopic (exact) mass is 482 g/mol. The topological polar surface area (TPSA) is 91.7 Å². The molecule has 8 heteroatoms. The number of cyclic esters (lactones) is 1. The number of nitrogens with zero attached hydrogens (tertiary/aromatic N) is 2. The predicted molar refractivity (Wildman–Crippen MR) is 129 cm³/mol. The van der Waals surface area contributed by atoms with E-state index in [0.29, 0.717) is 18.7 Å². The molecule has 0 aromatic heterocycles. The zero-order chi connectivity index (χ0) is 24.7. The van der Waals surface area contributed by atoms with Crippen LogP contribution < -0.4 is 0 Å². The number of hydrogen-bond acceptors (Lipinski definition) is 8. The predicted octanol–water partition coefficient (Wildman–Crippen LogP) is 2.53. The van der Waals surface area contributed by atoms with Crippen molar-refractivity contribution in [1.29, 1.82) is 0 Å². The first-order valence-electron chi connectivity index (χ1n) is 12.2. The molecule has 2 N–H and O–H groups in total. The third-order valence-electron chi connectivity index (χ3n) is 7.85. The second kappa shape index (κ2) is 9.97. The number of aliphatic hydroxyl groups is 2. The Morgan fingerprint density at radius 2 is 1.63 bits per heavy atom. The first-order chi connectivity index (χ1) is 16.9. The summed E-state index contributed by atoms with van der Waals surface area (Å²) in [6.07, 6.45) is -1.51. The zero-order valence-corrected chi connectivity index (χ0v) is 20.6. The molecule has 5 rings (SSSR count). The Balaban J connectivity index is 1.18. The molecule has 2 aromatic rings. The second-order valence-corrected chi connectivity index (χ2v) is 9.73. The van der Waals surface area contributed by atoms with E-state index in [-0.39, 0.29) is 18.7 Å². The Morgan fingerprint density at radius 1 is 0.971 bits per heavy atom. The Bertz CT molecular complexity index is 1110. The standard InChI is InChI=1S/C27H34N2O6/c1-16-18(4-6-20-22(16)14-34-26(20)31)24(30)12-28-8-10-29(11-9-28)13-25(33-3)19-5-7-21-23(17(19)2)15-35-27(21)32/h4-7,24-25,27,30,32H,8-15H2,1-3H3. The van der Waals surface area contributed by atoms with Gasteiger partial charge >= 0.3 is 5.97 Å². The van der Waals surface area contributed by atoms with Gasteiger partial charge in [0.1, 0.15) is 6.61 Å². The summed E-state index contributed by atoms with van der Waals surface area (Å²) >= 11 is 0. The third kappa shape index (κ3) is 4.62. The lowest BCUT2D eigenvalue weighted by molar-refractivity contribution is -0.0918. The van der Waals surface area contributed by atoms with E-state index in [1.54, 1.807) is 13.2 Å². The van der Waals surface area contributed by atoms with E-state index < -0.39 is 12.4 Å². The molecule has 3 aliphatic heterocycles. The lowest BCUT2D eigenvalue weighted by atomic mass is 9.94. The van der Waals surface area contributed by atoms with E-state index in [2.05, 4.69) is 16.7 Å². The van der Waals surface area contributed by atoms with Crippen molar-refractivity contribution in [3.63, 3.8) is 0 Å². The molecule has 3 atom stereocenters. The van der Waals surface area contributed by atoms with Crippen LogP contribution in [-0.2, 0) is 27.4 Å². The number of carbonyl (C=O) groups is 1. The maximum atomic E-state index is 11.8. The van der Waals surface area contributed by atoms with Gasteiger partial charge in [0.15, 0.2) is 6.29 Å². The van der Waals surface area contributed by atoms with Crippen LogP contribution in [0.1, 0.15) is 67.8 Å². The summed E-state index contributed by atoms with van der Waals surface area (Å²) in [6.45, 7) is 9.60. The summed E-state index contributed by atoms with van der Waals surface area (Å²) in [5.41, 5.74) is 7.50. The molecule has 0 bridgehead atoms. The molecular weight excluding hydrogens is 448 g/mol. The van der Waals surface area contributed by atoms with Crippen LogP contribution in [0.25, 0.3) is 0 Å². The lowest BCUT2D eigenvalue weighted by Crippen LogP contribution is -2.48. The van der Waals surface area contributed by atoms with Crippen LogP contribution in [0.2, 0.25) is 0 Å². The van der Waals surface area contributed by atoms with E-state index >= 15 is 0 Å². The number of hydrogen-bond donors (Lipinski definition) is 2. The molecule has 35 heavy (non-hydrogen) atoms. The second-order valence-electron chi connectivity index (χ2n) is 9.73. The molecule has 0 radical (unpaired) electrons. The summed E-state index contributed by atoms with van der Waals surface area (Å²) in [5, 5.41) is 20.9. The number of piperazine rings is 1. The number of ether oxygens (including phenoxy) is 3. The molecule has 0 spiro atoms. The van der Waals surface area contributed by atoms with Crippen LogP contribution >= 0.6 is 0 Å². The number of aliphatic hydroxyl groups excluding tert-OH is 2. The van der Waals surface area contributed by atoms with Gasteiger partial charge in [0.25, 0.3) is 0 Å². The fourth-order valence-electron chi connectivity index (χ4n) is 5.58. The quantitative estimate of drug-likeness (QED) is 0.582. The summed E-state index contributed by atoms with van der Waals surface area (Å²) in [5.74, 6) is -0.282. The highest BCUT2D eigenvalue weighted by Crippen LogP contribution is 2.35. The van der Waals surface area contributed by atoms with Gasteiger partial charge in [0, 0.05) is 57.5 Å². The molecule has 0 saturated carbocycles. The smallest absolute Gasteiger partial charge is 0.338 e. The van der Waals surface area contributed by atoms with Gasteiger partial charge in [0.05, 0.1) is 24.4 Å². The van der Waals surface area contributed by atoms with Gasteiger partial charge in [-0.15, -0.1) is 0 Å². The van der Waals surface area contributed by atoms with Gasteiger partial charge in [0.2, 0.25) is 0 Å². The number of carbonyl (C=O) groups excluding carboxylic acids is 1. The summed E-state index contributed by atoms with van der Waals surface area (Å²) in [6, 6.07) is 7.62. The number of methoxy groups -OCH3 is 1. The number of esters is 1. The molecule has 1 fully saturated rings.